The Hall–Kier alpha value is -1.15. The molecule has 0 radical (unpaired) electrons. The molecule has 1 aromatic rings. The van der Waals surface area contributed by atoms with Gasteiger partial charge in [-0.3, -0.25) is 4.79 Å². The molecule has 0 aromatic carbocycles. The van der Waals surface area contributed by atoms with Gasteiger partial charge >= 0.3 is 0 Å². The van der Waals surface area contributed by atoms with Crippen molar-refractivity contribution >= 4 is 17.7 Å². The number of nitrogens with zero attached hydrogens (tertiary/aromatic N) is 5. The van der Waals surface area contributed by atoms with E-state index in [1.54, 1.807) is 0 Å². The summed E-state index contributed by atoms with van der Waals surface area (Å²) < 4.78 is 1.85. The molecule has 19 heavy (non-hydrogen) atoms. The fraction of sp³-hybridized carbons (Fsp3) is 0.818. The fourth-order valence-corrected chi connectivity index (χ4v) is 3.11. The van der Waals surface area contributed by atoms with Crippen molar-refractivity contribution in [2.75, 3.05) is 26.2 Å². The molecule has 0 bridgehead atoms. The first-order valence-corrected chi connectivity index (χ1v) is 7.57. The second-order valence-corrected chi connectivity index (χ2v) is 6.28. The Balaban J connectivity index is 1.61. The minimum Gasteiger partial charge on any atom is -0.339 e. The number of tetrazole rings is 1. The molecule has 1 saturated heterocycles. The van der Waals surface area contributed by atoms with Gasteiger partial charge in [-0.05, 0) is 30.2 Å². The van der Waals surface area contributed by atoms with E-state index in [2.05, 4.69) is 20.8 Å². The number of rotatable bonds is 4. The molecule has 2 fully saturated rings. The molecule has 1 amide bonds. The van der Waals surface area contributed by atoms with Gasteiger partial charge in [-0.1, -0.05) is 11.8 Å². The minimum atomic E-state index is -0.137. The molecular weight excluding hydrogens is 264 g/mol. The SMILES string of the molecule is CC(Sc1nnnn1C1CC1)C(=O)N1CCNCC1. The Kier molecular flexibility index (Phi) is 3.69. The van der Waals surface area contributed by atoms with Gasteiger partial charge in [0, 0.05) is 26.2 Å². The van der Waals surface area contributed by atoms with E-state index in [0.29, 0.717) is 6.04 Å². The molecule has 1 aliphatic carbocycles. The average Bonchev–Trinajstić information content (AvgIpc) is 3.19. The summed E-state index contributed by atoms with van der Waals surface area (Å²) in [5.74, 6) is 0.178. The van der Waals surface area contributed by atoms with Gasteiger partial charge in [-0.2, -0.15) is 0 Å². The van der Waals surface area contributed by atoms with Gasteiger partial charge in [-0.15, -0.1) is 5.10 Å². The molecule has 2 heterocycles. The molecule has 7 nitrogen and oxygen atoms in total. The van der Waals surface area contributed by atoms with Crippen molar-refractivity contribution in [3.05, 3.63) is 0 Å². The van der Waals surface area contributed by atoms with E-state index in [0.717, 1.165) is 44.2 Å². The van der Waals surface area contributed by atoms with Crippen LogP contribution in [0.3, 0.4) is 0 Å². The van der Waals surface area contributed by atoms with Gasteiger partial charge < -0.3 is 10.2 Å². The second-order valence-electron chi connectivity index (χ2n) is 4.97. The van der Waals surface area contributed by atoms with E-state index in [1.807, 2.05) is 16.5 Å². The molecule has 2 aliphatic rings. The first-order chi connectivity index (χ1) is 9.25. The summed E-state index contributed by atoms with van der Waals surface area (Å²) in [6.45, 7) is 5.27. The molecule has 1 atom stereocenters. The molecule has 1 N–H and O–H groups in total. The summed E-state index contributed by atoms with van der Waals surface area (Å²) in [5, 5.41) is 15.6. The van der Waals surface area contributed by atoms with Crippen LogP contribution in [-0.2, 0) is 4.79 Å². The Morgan fingerprint density at radius 1 is 1.42 bits per heavy atom. The molecule has 104 valence electrons. The van der Waals surface area contributed by atoms with E-state index in [4.69, 9.17) is 0 Å². The van der Waals surface area contributed by atoms with Crippen molar-refractivity contribution in [3.8, 4) is 0 Å². The number of hydrogen-bond donors (Lipinski definition) is 1. The normalized spacial score (nSPS) is 21.4. The zero-order valence-corrected chi connectivity index (χ0v) is 11.8. The van der Waals surface area contributed by atoms with Crippen LogP contribution in [-0.4, -0.2) is 62.4 Å². The number of piperazine rings is 1. The van der Waals surface area contributed by atoms with Crippen LogP contribution < -0.4 is 5.32 Å². The zero-order valence-electron chi connectivity index (χ0n) is 10.9. The maximum atomic E-state index is 12.3. The standard InChI is InChI=1S/C11H18N6OS/c1-8(10(18)16-6-4-12-5-7-16)19-11-13-14-15-17(11)9-2-3-9/h8-9,12H,2-7H2,1H3. The van der Waals surface area contributed by atoms with Gasteiger partial charge in [0.25, 0.3) is 0 Å². The first-order valence-electron chi connectivity index (χ1n) is 6.70. The summed E-state index contributed by atoms with van der Waals surface area (Å²) in [4.78, 5) is 14.2. The van der Waals surface area contributed by atoms with Crippen LogP contribution in [0.1, 0.15) is 25.8 Å². The van der Waals surface area contributed by atoms with Crippen LogP contribution in [0, 0.1) is 0 Å². The molecule has 1 saturated carbocycles. The van der Waals surface area contributed by atoms with Gasteiger partial charge in [0.15, 0.2) is 0 Å². The molecule has 8 heteroatoms. The number of amides is 1. The molecule has 3 rings (SSSR count). The van der Waals surface area contributed by atoms with Crippen LogP contribution in [0.15, 0.2) is 5.16 Å². The number of aromatic nitrogens is 4. The third kappa shape index (κ3) is 2.89. The zero-order chi connectivity index (χ0) is 13.2. The number of carbonyl (C=O) groups excluding carboxylic acids is 1. The highest BCUT2D eigenvalue weighted by Gasteiger charge is 2.30. The summed E-state index contributed by atoms with van der Waals surface area (Å²) in [6, 6.07) is 0.444. The van der Waals surface area contributed by atoms with Crippen molar-refractivity contribution in [2.45, 2.75) is 36.2 Å². The third-order valence-corrected chi connectivity index (χ3v) is 4.45. The smallest absolute Gasteiger partial charge is 0.235 e. The van der Waals surface area contributed by atoms with Crippen LogP contribution in [0.5, 0.6) is 0 Å². The molecule has 0 spiro atoms. The van der Waals surface area contributed by atoms with E-state index in [-0.39, 0.29) is 11.2 Å². The summed E-state index contributed by atoms with van der Waals surface area (Å²) >= 11 is 1.46. The highest BCUT2D eigenvalue weighted by atomic mass is 32.2. The number of nitrogens with one attached hydrogen (secondary N) is 1. The van der Waals surface area contributed by atoms with Crippen molar-refractivity contribution in [1.82, 2.24) is 30.4 Å². The highest BCUT2D eigenvalue weighted by Crippen LogP contribution is 2.37. The average molecular weight is 282 g/mol. The maximum Gasteiger partial charge on any atom is 0.235 e. The van der Waals surface area contributed by atoms with Gasteiger partial charge in [0.2, 0.25) is 11.1 Å². The van der Waals surface area contributed by atoms with Crippen LogP contribution in [0.4, 0.5) is 0 Å². The Bertz CT molecular complexity index is 454. The number of hydrogen-bond acceptors (Lipinski definition) is 6. The number of thioether (sulfide) groups is 1. The van der Waals surface area contributed by atoms with E-state index in [9.17, 15) is 4.79 Å². The van der Waals surface area contributed by atoms with Crippen LogP contribution in [0.25, 0.3) is 0 Å². The molecule has 1 aromatic heterocycles. The Labute approximate surface area is 116 Å². The van der Waals surface area contributed by atoms with Gasteiger partial charge in [0.1, 0.15) is 0 Å². The van der Waals surface area contributed by atoms with Crippen LogP contribution in [0.2, 0.25) is 0 Å². The predicted molar refractivity (Wildman–Crippen MR) is 70.9 cm³/mol. The minimum absolute atomic E-state index is 0.137. The summed E-state index contributed by atoms with van der Waals surface area (Å²) in [7, 11) is 0. The van der Waals surface area contributed by atoms with Crippen molar-refractivity contribution in [2.24, 2.45) is 0 Å². The van der Waals surface area contributed by atoms with Crippen molar-refractivity contribution < 1.29 is 4.79 Å². The number of carbonyl (C=O) groups is 1. The summed E-state index contributed by atoms with van der Waals surface area (Å²) in [6.07, 6.45) is 2.28. The molecular formula is C11H18N6OS. The first kappa shape index (κ1) is 12.9. The lowest BCUT2D eigenvalue weighted by atomic mass is 10.3. The van der Waals surface area contributed by atoms with E-state index < -0.39 is 0 Å². The monoisotopic (exact) mass is 282 g/mol. The van der Waals surface area contributed by atoms with Gasteiger partial charge in [0.05, 0.1) is 11.3 Å². The predicted octanol–water partition coefficient (Wildman–Crippen LogP) is -0.0796. The second kappa shape index (κ2) is 5.46. The lowest BCUT2D eigenvalue weighted by Crippen LogP contribution is -2.48. The lowest BCUT2D eigenvalue weighted by molar-refractivity contribution is -0.130. The van der Waals surface area contributed by atoms with Crippen molar-refractivity contribution in [1.29, 1.82) is 0 Å². The summed E-state index contributed by atoms with van der Waals surface area (Å²) in [5.41, 5.74) is 0. The Morgan fingerprint density at radius 3 is 2.84 bits per heavy atom. The third-order valence-electron chi connectivity index (χ3n) is 3.41. The maximum absolute atomic E-state index is 12.3. The topological polar surface area (TPSA) is 75.9 Å². The van der Waals surface area contributed by atoms with E-state index in [1.165, 1.54) is 11.8 Å². The quantitative estimate of drug-likeness (QED) is 0.779. The van der Waals surface area contributed by atoms with E-state index >= 15 is 0 Å². The largest absolute Gasteiger partial charge is 0.339 e. The highest BCUT2D eigenvalue weighted by molar-refractivity contribution is 8.00. The molecule has 1 aliphatic heterocycles. The molecule has 1 unspecified atom stereocenters. The fourth-order valence-electron chi connectivity index (χ4n) is 2.16. The van der Waals surface area contributed by atoms with Crippen LogP contribution >= 0.6 is 11.8 Å². The Morgan fingerprint density at radius 2 is 2.16 bits per heavy atom. The van der Waals surface area contributed by atoms with Crippen molar-refractivity contribution in [3.63, 3.8) is 0 Å². The lowest BCUT2D eigenvalue weighted by Gasteiger charge is -2.29. The van der Waals surface area contributed by atoms with Gasteiger partial charge in [-0.25, -0.2) is 4.68 Å².